The maximum atomic E-state index is 13.3. The molecule has 0 amide bonds. The van der Waals surface area contributed by atoms with Crippen LogP contribution in [0.15, 0.2) is 66.7 Å². The van der Waals surface area contributed by atoms with Crippen molar-refractivity contribution in [2.24, 2.45) is 0 Å². The lowest BCUT2D eigenvalue weighted by Gasteiger charge is -2.22. The molecule has 1 aromatic heterocycles. The zero-order valence-corrected chi connectivity index (χ0v) is 14.4. The highest BCUT2D eigenvalue weighted by atomic mass is 16.5. The molecule has 3 aromatic carbocycles. The van der Waals surface area contributed by atoms with Crippen LogP contribution >= 0.6 is 0 Å². The first-order valence-corrected chi connectivity index (χ1v) is 8.41. The maximum absolute atomic E-state index is 13.3. The first-order chi connectivity index (χ1) is 12.5. The predicted octanol–water partition coefficient (Wildman–Crippen LogP) is 3.65. The highest BCUT2D eigenvalue weighted by molar-refractivity contribution is 5.98. The molecular formula is C21H20N4O. The number of fused-ring (bicyclic) bond motifs is 1. The van der Waals surface area contributed by atoms with Gasteiger partial charge in [0.25, 0.3) is 0 Å². The molecule has 0 bridgehead atoms. The fourth-order valence-corrected chi connectivity index (χ4v) is 3.19. The van der Waals surface area contributed by atoms with Crippen molar-refractivity contribution in [1.82, 2.24) is 4.98 Å². The van der Waals surface area contributed by atoms with Gasteiger partial charge in [-0.25, -0.2) is 0 Å². The van der Waals surface area contributed by atoms with E-state index in [1.54, 1.807) is 24.3 Å². The summed E-state index contributed by atoms with van der Waals surface area (Å²) < 4.78 is 0. The molecule has 4 rings (SSSR count). The van der Waals surface area contributed by atoms with Crippen molar-refractivity contribution in [2.45, 2.75) is 6.92 Å². The summed E-state index contributed by atoms with van der Waals surface area (Å²) in [5, 5.41) is 14.2. The van der Waals surface area contributed by atoms with Crippen molar-refractivity contribution in [2.75, 3.05) is 11.5 Å². The number of hydrogen-bond acceptors (Lipinski definition) is 3. The van der Waals surface area contributed by atoms with Crippen molar-refractivity contribution in [3.8, 4) is 11.3 Å². The molecule has 26 heavy (non-hydrogen) atoms. The first-order valence-electron chi connectivity index (χ1n) is 8.41. The van der Waals surface area contributed by atoms with Crippen LogP contribution in [0, 0.1) is 12.1 Å². The van der Waals surface area contributed by atoms with Gasteiger partial charge in [-0.15, -0.1) is 0 Å². The van der Waals surface area contributed by atoms with E-state index in [9.17, 15) is 5.21 Å². The van der Waals surface area contributed by atoms with Crippen LogP contribution in [0.3, 0.4) is 0 Å². The summed E-state index contributed by atoms with van der Waals surface area (Å²) >= 11 is 0. The standard InChI is InChI=1S/C21H20N4O/c1-13-2-11-18-19(12-13)24-20(14-3-5-15(22)6-4-14)21(18)25(26)17-9-7-16(23)8-10-17/h2-12,24-25H,22-23H2,1H3. The number of aromatic amines is 1. The molecule has 0 saturated carbocycles. The molecule has 1 unspecified atom stereocenters. The highest BCUT2D eigenvalue weighted by Gasteiger charge is 2.21. The van der Waals surface area contributed by atoms with Crippen molar-refractivity contribution in [1.29, 1.82) is 0 Å². The molecule has 0 aliphatic heterocycles. The number of rotatable bonds is 3. The lowest BCUT2D eigenvalue weighted by molar-refractivity contribution is -0.696. The number of nitrogen functional groups attached to an aromatic ring is 2. The van der Waals surface area contributed by atoms with E-state index in [1.807, 2.05) is 43.3 Å². The van der Waals surface area contributed by atoms with E-state index >= 15 is 0 Å². The van der Waals surface area contributed by atoms with Gasteiger partial charge in [-0.05, 0) is 48.9 Å². The largest absolute Gasteiger partial charge is 0.623 e. The number of hydrogen-bond donors (Lipinski definition) is 4. The summed E-state index contributed by atoms with van der Waals surface area (Å²) in [5.41, 5.74) is 18.0. The van der Waals surface area contributed by atoms with Gasteiger partial charge in [0.05, 0.1) is 10.9 Å². The van der Waals surface area contributed by atoms with Gasteiger partial charge in [0.2, 0.25) is 0 Å². The summed E-state index contributed by atoms with van der Waals surface area (Å²) in [5.74, 6) is 0. The highest BCUT2D eigenvalue weighted by Crippen LogP contribution is 2.34. The molecule has 4 aromatic rings. The van der Waals surface area contributed by atoms with E-state index in [0.29, 0.717) is 22.7 Å². The van der Waals surface area contributed by atoms with Crippen LogP contribution in [0.25, 0.3) is 22.2 Å². The molecule has 0 fully saturated rings. The van der Waals surface area contributed by atoms with E-state index in [4.69, 9.17) is 11.5 Å². The Balaban J connectivity index is 1.94. The molecule has 1 heterocycles. The van der Waals surface area contributed by atoms with Crippen molar-refractivity contribution < 1.29 is 5.06 Å². The Labute approximate surface area is 151 Å². The summed E-state index contributed by atoms with van der Waals surface area (Å²) in [6.45, 7) is 2.03. The Morgan fingerprint density at radius 1 is 0.846 bits per heavy atom. The van der Waals surface area contributed by atoms with Crippen LogP contribution in [0.5, 0.6) is 0 Å². The minimum absolute atomic E-state index is 0.0353. The number of anilines is 2. The molecule has 1 atom stereocenters. The van der Waals surface area contributed by atoms with E-state index in [-0.39, 0.29) is 5.06 Å². The number of aromatic nitrogens is 1. The van der Waals surface area contributed by atoms with Crippen LogP contribution in [0.4, 0.5) is 22.7 Å². The van der Waals surface area contributed by atoms with E-state index in [0.717, 1.165) is 27.7 Å². The molecule has 5 heteroatoms. The first kappa shape index (κ1) is 16.2. The Hall–Kier alpha value is -3.28. The molecule has 0 aliphatic carbocycles. The molecule has 0 aliphatic rings. The minimum atomic E-state index is -0.0353. The maximum Gasteiger partial charge on any atom is 0.170 e. The normalized spacial score (nSPS) is 12.4. The Bertz CT molecular complexity index is 1070. The SMILES string of the molecule is Cc1ccc2c([NH+]([O-])c3ccc(N)cc3)c(-c3ccc(N)cc3)[nH]c2c1. The second-order valence-corrected chi connectivity index (χ2v) is 6.50. The second kappa shape index (κ2) is 6.22. The molecular weight excluding hydrogens is 324 g/mol. The van der Waals surface area contributed by atoms with Gasteiger partial charge in [-0.1, -0.05) is 18.2 Å². The summed E-state index contributed by atoms with van der Waals surface area (Å²) in [6, 6.07) is 20.6. The van der Waals surface area contributed by atoms with Gasteiger partial charge >= 0.3 is 0 Å². The lowest BCUT2D eigenvalue weighted by atomic mass is 10.1. The topological polar surface area (TPSA) is 95.3 Å². The van der Waals surface area contributed by atoms with Gasteiger partial charge in [0.15, 0.2) is 5.69 Å². The van der Waals surface area contributed by atoms with Crippen LogP contribution in [0.2, 0.25) is 0 Å². The number of aryl methyl sites for hydroxylation is 1. The van der Waals surface area contributed by atoms with Gasteiger partial charge < -0.3 is 26.7 Å². The van der Waals surface area contributed by atoms with Gasteiger partial charge in [-0.2, -0.15) is 0 Å². The fourth-order valence-electron chi connectivity index (χ4n) is 3.19. The second-order valence-electron chi connectivity index (χ2n) is 6.50. The Morgan fingerprint density at radius 3 is 2.12 bits per heavy atom. The van der Waals surface area contributed by atoms with Crippen LogP contribution < -0.4 is 16.5 Å². The quantitative estimate of drug-likeness (QED) is 0.337. The third-order valence-electron chi connectivity index (χ3n) is 4.55. The zero-order valence-electron chi connectivity index (χ0n) is 14.4. The number of nitrogens with two attached hydrogens (primary N) is 2. The molecule has 5 nitrogen and oxygen atoms in total. The van der Waals surface area contributed by atoms with Gasteiger partial charge in [0, 0.05) is 29.1 Å². The lowest BCUT2D eigenvalue weighted by Crippen LogP contribution is -2.96. The number of benzene rings is 3. The third-order valence-corrected chi connectivity index (χ3v) is 4.55. The third kappa shape index (κ3) is 2.79. The zero-order chi connectivity index (χ0) is 18.3. The van der Waals surface area contributed by atoms with Crippen LogP contribution in [-0.4, -0.2) is 4.98 Å². The van der Waals surface area contributed by atoms with E-state index in [1.165, 1.54) is 0 Å². The monoisotopic (exact) mass is 344 g/mol. The molecule has 6 N–H and O–H groups in total. The van der Waals surface area contributed by atoms with E-state index in [2.05, 4.69) is 11.1 Å². The van der Waals surface area contributed by atoms with Gasteiger partial charge in [-0.3, -0.25) is 0 Å². The fraction of sp³-hybridized carbons (Fsp3) is 0.0476. The predicted molar refractivity (Wildman–Crippen MR) is 107 cm³/mol. The number of nitrogens with one attached hydrogen (secondary N) is 2. The average molecular weight is 344 g/mol. The van der Waals surface area contributed by atoms with Crippen molar-refractivity contribution >= 4 is 33.7 Å². The smallest absolute Gasteiger partial charge is 0.170 e. The number of quaternary nitrogens is 1. The summed E-state index contributed by atoms with van der Waals surface area (Å²) in [7, 11) is 0. The Kier molecular flexibility index (Phi) is 3.88. The van der Waals surface area contributed by atoms with Crippen molar-refractivity contribution in [3.05, 3.63) is 77.5 Å². The molecule has 130 valence electrons. The number of H-pyrrole nitrogens is 1. The molecule has 0 radical (unpaired) electrons. The molecule has 0 spiro atoms. The summed E-state index contributed by atoms with van der Waals surface area (Å²) in [6.07, 6.45) is 0. The summed E-state index contributed by atoms with van der Waals surface area (Å²) in [4.78, 5) is 3.42. The minimum Gasteiger partial charge on any atom is -0.623 e. The average Bonchev–Trinajstić information content (AvgIpc) is 3.00. The van der Waals surface area contributed by atoms with Crippen LogP contribution in [0.1, 0.15) is 5.56 Å². The Morgan fingerprint density at radius 2 is 1.46 bits per heavy atom. The van der Waals surface area contributed by atoms with E-state index < -0.39 is 0 Å². The molecule has 0 saturated heterocycles. The van der Waals surface area contributed by atoms with Gasteiger partial charge in [0.1, 0.15) is 11.4 Å². The van der Waals surface area contributed by atoms with Crippen LogP contribution in [-0.2, 0) is 0 Å². The van der Waals surface area contributed by atoms with Crippen molar-refractivity contribution in [3.63, 3.8) is 0 Å².